The van der Waals surface area contributed by atoms with Crippen LogP contribution >= 0.6 is 23.4 Å². The first-order valence-electron chi connectivity index (χ1n) is 5.52. The van der Waals surface area contributed by atoms with Crippen LogP contribution in [0.15, 0.2) is 46.3 Å². The van der Waals surface area contributed by atoms with E-state index in [0.29, 0.717) is 23.2 Å². The first-order valence-corrected chi connectivity index (χ1v) is 6.72. The summed E-state index contributed by atoms with van der Waals surface area (Å²) in [6.45, 7) is 2.44. The lowest BCUT2D eigenvalue weighted by molar-refractivity contribution is 0.326. The SMILES string of the molecule is CCOc1nc(Sc2ccccc2Cl)ccc1N. The lowest BCUT2D eigenvalue weighted by atomic mass is 10.4. The van der Waals surface area contributed by atoms with Crippen LogP contribution < -0.4 is 10.5 Å². The van der Waals surface area contributed by atoms with Gasteiger partial charge in [0.25, 0.3) is 0 Å². The first kappa shape index (κ1) is 13.1. The van der Waals surface area contributed by atoms with E-state index in [9.17, 15) is 0 Å². The quantitative estimate of drug-likeness (QED) is 0.924. The summed E-state index contributed by atoms with van der Waals surface area (Å²) < 4.78 is 5.36. The second-order valence-electron chi connectivity index (χ2n) is 3.51. The molecule has 1 aromatic heterocycles. The highest BCUT2D eigenvalue weighted by Gasteiger charge is 2.07. The van der Waals surface area contributed by atoms with Gasteiger partial charge in [0.1, 0.15) is 5.03 Å². The molecule has 18 heavy (non-hydrogen) atoms. The Hall–Kier alpha value is -1.39. The Morgan fingerprint density at radius 1 is 1.28 bits per heavy atom. The number of hydrogen-bond donors (Lipinski definition) is 1. The van der Waals surface area contributed by atoms with Crippen molar-refractivity contribution in [1.29, 1.82) is 0 Å². The summed E-state index contributed by atoms with van der Waals surface area (Å²) in [5.41, 5.74) is 6.32. The van der Waals surface area contributed by atoms with E-state index in [-0.39, 0.29) is 0 Å². The number of benzene rings is 1. The predicted molar refractivity (Wildman–Crippen MR) is 75.4 cm³/mol. The number of nitrogen functional groups attached to an aromatic ring is 1. The highest BCUT2D eigenvalue weighted by molar-refractivity contribution is 7.99. The fraction of sp³-hybridized carbons (Fsp3) is 0.154. The molecule has 0 saturated heterocycles. The van der Waals surface area contributed by atoms with Gasteiger partial charge < -0.3 is 10.5 Å². The van der Waals surface area contributed by atoms with Gasteiger partial charge in [0.05, 0.1) is 17.3 Å². The molecule has 0 unspecified atom stereocenters. The minimum Gasteiger partial charge on any atom is -0.476 e. The number of halogens is 1. The molecule has 0 aliphatic rings. The molecule has 5 heteroatoms. The minimum atomic E-state index is 0.467. The fourth-order valence-corrected chi connectivity index (χ4v) is 2.44. The van der Waals surface area contributed by atoms with Crippen molar-refractivity contribution in [3.63, 3.8) is 0 Å². The topological polar surface area (TPSA) is 48.1 Å². The second kappa shape index (κ2) is 5.98. The Labute approximate surface area is 115 Å². The molecule has 0 bridgehead atoms. The summed E-state index contributed by atoms with van der Waals surface area (Å²) in [5.74, 6) is 0.467. The Morgan fingerprint density at radius 2 is 2.06 bits per heavy atom. The summed E-state index contributed by atoms with van der Waals surface area (Å²) in [5, 5.41) is 1.51. The number of anilines is 1. The smallest absolute Gasteiger partial charge is 0.238 e. The molecule has 3 nitrogen and oxygen atoms in total. The number of nitrogens with two attached hydrogens (primary N) is 1. The standard InChI is InChI=1S/C13H13ClN2OS/c1-2-17-13-10(15)7-8-12(16-13)18-11-6-4-3-5-9(11)14/h3-8H,2,15H2,1H3. The van der Waals surface area contributed by atoms with Crippen molar-refractivity contribution in [2.45, 2.75) is 16.8 Å². The zero-order chi connectivity index (χ0) is 13.0. The maximum absolute atomic E-state index is 6.10. The molecule has 2 N–H and O–H groups in total. The Morgan fingerprint density at radius 3 is 2.78 bits per heavy atom. The maximum atomic E-state index is 6.10. The molecule has 0 aliphatic heterocycles. The van der Waals surface area contributed by atoms with E-state index in [1.54, 1.807) is 6.07 Å². The molecule has 0 saturated carbocycles. The maximum Gasteiger partial charge on any atom is 0.238 e. The van der Waals surface area contributed by atoms with E-state index in [0.717, 1.165) is 9.92 Å². The molecule has 1 aromatic carbocycles. The fourth-order valence-electron chi connectivity index (χ4n) is 1.38. The van der Waals surface area contributed by atoms with Gasteiger partial charge >= 0.3 is 0 Å². The molecule has 2 aromatic rings. The third-order valence-electron chi connectivity index (χ3n) is 2.20. The average molecular weight is 281 g/mol. The second-order valence-corrected chi connectivity index (χ2v) is 4.98. The Kier molecular flexibility index (Phi) is 4.33. The summed E-state index contributed by atoms with van der Waals surface area (Å²) >= 11 is 7.59. The van der Waals surface area contributed by atoms with E-state index < -0.39 is 0 Å². The Balaban J connectivity index is 2.24. The van der Waals surface area contributed by atoms with Gasteiger partial charge in [-0.05, 0) is 31.2 Å². The van der Waals surface area contributed by atoms with Crippen molar-refractivity contribution in [2.75, 3.05) is 12.3 Å². The van der Waals surface area contributed by atoms with Gasteiger partial charge in [0.15, 0.2) is 0 Å². The van der Waals surface area contributed by atoms with E-state index in [1.807, 2.05) is 37.3 Å². The van der Waals surface area contributed by atoms with Crippen LogP contribution in [0.4, 0.5) is 5.69 Å². The van der Waals surface area contributed by atoms with Crippen molar-refractivity contribution < 1.29 is 4.74 Å². The highest BCUT2D eigenvalue weighted by Crippen LogP contribution is 2.33. The number of rotatable bonds is 4. The van der Waals surface area contributed by atoms with E-state index in [1.165, 1.54) is 11.8 Å². The molecule has 0 radical (unpaired) electrons. The average Bonchev–Trinajstić information content (AvgIpc) is 2.36. The normalized spacial score (nSPS) is 10.3. The molecule has 2 rings (SSSR count). The third-order valence-corrected chi connectivity index (χ3v) is 3.65. The van der Waals surface area contributed by atoms with Crippen LogP contribution in [0.3, 0.4) is 0 Å². The molecule has 0 aliphatic carbocycles. The van der Waals surface area contributed by atoms with E-state index in [4.69, 9.17) is 22.1 Å². The van der Waals surface area contributed by atoms with Gasteiger partial charge in [0, 0.05) is 4.90 Å². The van der Waals surface area contributed by atoms with Gasteiger partial charge in [0.2, 0.25) is 5.88 Å². The van der Waals surface area contributed by atoms with Crippen molar-refractivity contribution in [2.24, 2.45) is 0 Å². The Bertz CT molecular complexity index is 548. The molecule has 94 valence electrons. The van der Waals surface area contributed by atoms with Gasteiger partial charge in [-0.25, -0.2) is 4.98 Å². The number of pyridine rings is 1. The van der Waals surface area contributed by atoms with Crippen LogP contribution in [0.1, 0.15) is 6.92 Å². The molecular weight excluding hydrogens is 268 g/mol. The van der Waals surface area contributed by atoms with E-state index >= 15 is 0 Å². The first-order chi connectivity index (χ1) is 8.70. The minimum absolute atomic E-state index is 0.467. The van der Waals surface area contributed by atoms with Crippen LogP contribution in [-0.2, 0) is 0 Å². The molecule has 0 atom stereocenters. The van der Waals surface area contributed by atoms with Gasteiger partial charge in [-0.3, -0.25) is 0 Å². The number of hydrogen-bond acceptors (Lipinski definition) is 4. The number of ether oxygens (including phenoxy) is 1. The van der Waals surface area contributed by atoms with Crippen molar-refractivity contribution in [3.05, 3.63) is 41.4 Å². The van der Waals surface area contributed by atoms with Crippen LogP contribution in [0.2, 0.25) is 5.02 Å². The van der Waals surface area contributed by atoms with Crippen molar-refractivity contribution in [3.8, 4) is 5.88 Å². The van der Waals surface area contributed by atoms with Crippen LogP contribution in [0, 0.1) is 0 Å². The third kappa shape index (κ3) is 3.09. The summed E-state index contributed by atoms with van der Waals surface area (Å²) in [4.78, 5) is 5.31. The van der Waals surface area contributed by atoms with Crippen molar-refractivity contribution >= 4 is 29.1 Å². The van der Waals surface area contributed by atoms with Gasteiger partial charge in [-0.1, -0.05) is 35.5 Å². The molecule has 1 heterocycles. The number of nitrogens with zero attached hydrogens (tertiary/aromatic N) is 1. The molecule has 0 spiro atoms. The molecular formula is C13H13ClN2OS. The molecule has 0 fully saturated rings. The summed E-state index contributed by atoms with van der Waals surface area (Å²) in [6.07, 6.45) is 0. The van der Waals surface area contributed by atoms with E-state index in [2.05, 4.69) is 4.98 Å². The van der Waals surface area contributed by atoms with Crippen LogP contribution in [-0.4, -0.2) is 11.6 Å². The monoisotopic (exact) mass is 280 g/mol. The van der Waals surface area contributed by atoms with Gasteiger partial charge in [-0.2, -0.15) is 0 Å². The largest absolute Gasteiger partial charge is 0.476 e. The highest BCUT2D eigenvalue weighted by atomic mass is 35.5. The van der Waals surface area contributed by atoms with Crippen LogP contribution in [0.5, 0.6) is 5.88 Å². The lowest BCUT2D eigenvalue weighted by Crippen LogP contribution is -1.99. The summed E-state index contributed by atoms with van der Waals surface area (Å²) in [7, 11) is 0. The lowest BCUT2D eigenvalue weighted by Gasteiger charge is -2.08. The van der Waals surface area contributed by atoms with Gasteiger partial charge in [-0.15, -0.1) is 0 Å². The van der Waals surface area contributed by atoms with Crippen LogP contribution in [0.25, 0.3) is 0 Å². The zero-order valence-electron chi connectivity index (χ0n) is 9.89. The summed E-state index contributed by atoms with van der Waals surface area (Å²) in [6, 6.07) is 11.3. The number of aromatic nitrogens is 1. The zero-order valence-corrected chi connectivity index (χ0v) is 11.5. The van der Waals surface area contributed by atoms with Crippen molar-refractivity contribution in [1.82, 2.24) is 4.98 Å². The predicted octanol–water partition coefficient (Wildman–Crippen LogP) is 3.87. The molecule has 0 amide bonds.